The lowest BCUT2D eigenvalue weighted by Crippen LogP contribution is -2.24. The van der Waals surface area contributed by atoms with Gasteiger partial charge in [-0.1, -0.05) is 24.6 Å². The second-order valence-electron chi connectivity index (χ2n) is 4.19. The predicted octanol–water partition coefficient (Wildman–Crippen LogP) is 4.08. The topological polar surface area (TPSA) is 24.9 Å². The van der Waals surface area contributed by atoms with Crippen molar-refractivity contribution < 1.29 is 0 Å². The van der Waals surface area contributed by atoms with E-state index in [-0.39, 0.29) is 6.04 Å². The van der Waals surface area contributed by atoms with Gasteiger partial charge in [0.15, 0.2) is 0 Å². The van der Waals surface area contributed by atoms with Crippen LogP contribution in [0.3, 0.4) is 0 Å². The molecule has 2 nitrogen and oxygen atoms in total. The van der Waals surface area contributed by atoms with Crippen LogP contribution in [-0.4, -0.2) is 11.5 Å². The highest BCUT2D eigenvalue weighted by molar-refractivity contribution is 7.09. The third-order valence-electron chi connectivity index (χ3n) is 2.81. The molecule has 0 amide bonds. The van der Waals surface area contributed by atoms with Gasteiger partial charge in [0, 0.05) is 29.7 Å². The van der Waals surface area contributed by atoms with E-state index >= 15 is 0 Å². The maximum Gasteiger partial charge on any atom is 0.0637 e. The minimum atomic E-state index is 0.263. The van der Waals surface area contributed by atoms with E-state index in [1.807, 2.05) is 6.07 Å². The Morgan fingerprint density at radius 3 is 3.00 bits per heavy atom. The first kappa shape index (κ1) is 13.5. The standard InChI is InChI=1S/C14H17ClN2S/c1-2-6-17-14(9-11-4-3-8-18-11)12-5-7-16-10-13(12)15/h3-5,7-8,10,14,17H,2,6,9H2,1H3. The fourth-order valence-corrected chi connectivity index (χ4v) is 2.91. The van der Waals surface area contributed by atoms with Crippen LogP contribution in [0.5, 0.6) is 0 Å². The zero-order valence-corrected chi connectivity index (χ0v) is 12.0. The molecule has 2 rings (SSSR count). The van der Waals surface area contributed by atoms with Gasteiger partial charge in [-0.05, 0) is 36.0 Å². The Kier molecular flexibility index (Phi) is 5.17. The molecular weight excluding hydrogens is 264 g/mol. The summed E-state index contributed by atoms with van der Waals surface area (Å²) in [7, 11) is 0. The number of aromatic nitrogens is 1. The minimum Gasteiger partial charge on any atom is -0.310 e. The summed E-state index contributed by atoms with van der Waals surface area (Å²) in [5.74, 6) is 0. The molecule has 96 valence electrons. The van der Waals surface area contributed by atoms with Crippen LogP contribution in [-0.2, 0) is 6.42 Å². The summed E-state index contributed by atoms with van der Waals surface area (Å²) in [4.78, 5) is 5.42. The number of hydrogen-bond acceptors (Lipinski definition) is 3. The van der Waals surface area contributed by atoms with Crippen LogP contribution >= 0.6 is 22.9 Å². The Bertz CT molecular complexity index is 470. The highest BCUT2D eigenvalue weighted by Gasteiger charge is 2.15. The first-order valence-corrected chi connectivity index (χ1v) is 7.42. The summed E-state index contributed by atoms with van der Waals surface area (Å²) in [6.45, 7) is 3.16. The minimum absolute atomic E-state index is 0.263. The van der Waals surface area contributed by atoms with Gasteiger partial charge in [-0.2, -0.15) is 0 Å². The van der Waals surface area contributed by atoms with Crippen molar-refractivity contribution in [3.63, 3.8) is 0 Å². The van der Waals surface area contributed by atoms with E-state index in [1.165, 1.54) is 4.88 Å². The maximum atomic E-state index is 6.24. The van der Waals surface area contributed by atoms with E-state index in [9.17, 15) is 0 Å². The third kappa shape index (κ3) is 3.55. The second-order valence-corrected chi connectivity index (χ2v) is 5.63. The molecule has 1 atom stereocenters. The van der Waals surface area contributed by atoms with Crippen LogP contribution in [0.15, 0.2) is 36.0 Å². The van der Waals surface area contributed by atoms with Gasteiger partial charge in [-0.15, -0.1) is 11.3 Å². The lowest BCUT2D eigenvalue weighted by atomic mass is 10.0. The fraction of sp³-hybridized carbons (Fsp3) is 0.357. The number of nitrogens with zero attached hydrogens (tertiary/aromatic N) is 1. The van der Waals surface area contributed by atoms with Crippen molar-refractivity contribution in [2.24, 2.45) is 0 Å². The average Bonchev–Trinajstić information content (AvgIpc) is 2.88. The number of pyridine rings is 1. The van der Waals surface area contributed by atoms with Gasteiger partial charge >= 0.3 is 0 Å². The van der Waals surface area contributed by atoms with Crippen molar-refractivity contribution in [2.75, 3.05) is 6.54 Å². The molecule has 0 aliphatic carbocycles. The molecule has 2 aromatic heterocycles. The van der Waals surface area contributed by atoms with Crippen LogP contribution in [0.25, 0.3) is 0 Å². The molecule has 0 aromatic carbocycles. The Morgan fingerprint density at radius 1 is 1.44 bits per heavy atom. The smallest absolute Gasteiger partial charge is 0.0637 e. The number of halogens is 1. The van der Waals surface area contributed by atoms with E-state index in [2.05, 4.69) is 34.7 Å². The molecular formula is C14H17ClN2S. The van der Waals surface area contributed by atoms with E-state index in [1.54, 1.807) is 23.7 Å². The first-order chi connectivity index (χ1) is 8.81. The number of rotatable bonds is 6. The molecule has 0 spiro atoms. The molecule has 4 heteroatoms. The second kappa shape index (κ2) is 6.88. The van der Waals surface area contributed by atoms with Crippen molar-refractivity contribution in [3.05, 3.63) is 51.4 Å². The molecule has 0 bridgehead atoms. The van der Waals surface area contributed by atoms with Crippen molar-refractivity contribution >= 4 is 22.9 Å². The van der Waals surface area contributed by atoms with Crippen molar-refractivity contribution in [1.82, 2.24) is 10.3 Å². The van der Waals surface area contributed by atoms with Gasteiger partial charge < -0.3 is 5.32 Å². The molecule has 1 N–H and O–H groups in total. The highest BCUT2D eigenvalue weighted by Crippen LogP contribution is 2.26. The zero-order chi connectivity index (χ0) is 12.8. The van der Waals surface area contributed by atoms with E-state index in [4.69, 9.17) is 11.6 Å². The van der Waals surface area contributed by atoms with Crippen LogP contribution in [0.1, 0.15) is 29.8 Å². The predicted molar refractivity (Wildman–Crippen MR) is 78.3 cm³/mol. The molecule has 0 radical (unpaired) electrons. The van der Waals surface area contributed by atoms with E-state index < -0.39 is 0 Å². The van der Waals surface area contributed by atoms with E-state index in [0.717, 1.165) is 30.0 Å². The highest BCUT2D eigenvalue weighted by atomic mass is 35.5. The van der Waals surface area contributed by atoms with Crippen molar-refractivity contribution in [2.45, 2.75) is 25.8 Å². The third-order valence-corrected chi connectivity index (χ3v) is 4.02. The van der Waals surface area contributed by atoms with Gasteiger partial charge in [-0.25, -0.2) is 0 Å². The first-order valence-electron chi connectivity index (χ1n) is 6.16. The summed E-state index contributed by atoms with van der Waals surface area (Å²) in [6, 6.07) is 6.52. The molecule has 2 aromatic rings. The van der Waals surface area contributed by atoms with Gasteiger partial charge in [0.1, 0.15) is 0 Å². The molecule has 1 unspecified atom stereocenters. The van der Waals surface area contributed by atoms with Crippen LogP contribution < -0.4 is 5.32 Å². The molecule has 0 aliphatic heterocycles. The van der Waals surface area contributed by atoms with Crippen LogP contribution in [0, 0.1) is 0 Å². The quantitative estimate of drug-likeness (QED) is 0.862. The summed E-state index contributed by atoms with van der Waals surface area (Å²) >= 11 is 8.03. The van der Waals surface area contributed by atoms with Crippen molar-refractivity contribution in [3.8, 4) is 0 Å². The van der Waals surface area contributed by atoms with Gasteiger partial charge in [-0.3, -0.25) is 4.98 Å². The maximum absolute atomic E-state index is 6.24. The monoisotopic (exact) mass is 280 g/mol. The summed E-state index contributed by atoms with van der Waals surface area (Å²) < 4.78 is 0. The summed E-state index contributed by atoms with van der Waals surface area (Å²) in [5.41, 5.74) is 1.13. The summed E-state index contributed by atoms with van der Waals surface area (Å²) in [5, 5.41) is 6.41. The molecule has 0 saturated carbocycles. The lowest BCUT2D eigenvalue weighted by Gasteiger charge is -2.19. The fourth-order valence-electron chi connectivity index (χ4n) is 1.91. The van der Waals surface area contributed by atoms with Crippen molar-refractivity contribution in [1.29, 1.82) is 0 Å². The molecule has 0 fully saturated rings. The Labute approximate surface area is 117 Å². The Balaban J connectivity index is 2.16. The van der Waals surface area contributed by atoms with Gasteiger partial charge in [0.2, 0.25) is 0 Å². The molecule has 18 heavy (non-hydrogen) atoms. The largest absolute Gasteiger partial charge is 0.310 e. The Morgan fingerprint density at radius 2 is 2.33 bits per heavy atom. The lowest BCUT2D eigenvalue weighted by molar-refractivity contribution is 0.532. The number of hydrogen-bond donors (Lipinski definition) is 1. The molecule has 0 saturated heterocycles. The van der Waals surface area contributed by atoms with Gasteiger partial charge in [0.25, 0.3) is 0 Å². The van der Waals surface area contributed by atoms with E-state index in [0.29, 0.717) is 0 Å². The molecule has 0 aliphatic rings. The average molecular weight is 281 g/mol. The zero-order valence-electron chi connectivity index (χ0n) is 10.4. The number of thiophene rings is 1. The number of nitrogens with one attached hydrogen (secondary N) is 1. The Hall–Kier alpha value is -0.900. The van der Waals surface area contributed by atoms with Crippen LogP contribution in [0.4, 0.5) is 0 Å². The molecule has 2 heterocycles. The summed E-state index contributed by atoms with van der Waals surface area (Å²) in [6.07, 6.45) is 5.60. The normalized spacial score (nSPS) is 12.6. The van der Waals surface area contributed by atoms with Crippen LogP contribution in [0.2, 0.25) is 5.02 Å². The van der Waals surface area contributed by atoms with Gasteiger partial charge in [0.05, 0.1) is 5.02 Å². The SMILES string of the molecule is CCCNC(Cc1cccs1)c1ccncc1Cl.